The third kappa shape index (κ3) is 2.94. The van der Waals surface area contributed by atoms with Gasteiger partial charge in [0, 0.05) is 6.92 Å². The van der Waals surface area contributed by atoms with E-state index in [1.165, 1.54) is 6.92 Å². The van der Waals surface area contributed by atoms with E-state index in [9.17, 15) is 9.18 Å². The van der Waals surface area contributed by atoms with E-state index in [0.717, 1.165) is 0 Å². The summed E-state index contributed by atoms with van der Waals surface area (Å²) in [5.74, 6) is 0.538. The topological polar surface area (TPSA) is 35.5 Å². The van der Waals surface area contributed by atoms with E-state index in [4.69, 9.17) is 9.47 Å². The molecular formula is C11H13FO3. The van der Waals surface area contributed by atoms with E-state index < -0.39 is 6.36 Å². The zero-order chi connectivity index (χ0) is 11.3. The Kier molecular flexibility index (Phi) is 4.09. The molecular weight excluding hydrogens is 199 g/mol. The second-order valence-electron chi connectivity index (χ2n) is 2.89. The van der Waals surface area contributed by atoms with Crippen LogP contribution in [0.5, 0.6) is 11.5 Å². The maximum absolute atomic E-state index is 12.7. The quantitative estimate of drug-likeness (QED) is 0.704. The van der Waals surface area contributed by atoms with Crippen molar-refractivity contribution in [3.05, 3.63) is 23.8 Å². The van der Waals surface area contributed by atoms with Crippen molar-refractivity contribution in [1.29, 1.82) is 0 Å². The van der Waals surface area contributed by atoms with Crippen LogP contribution in [-0.4, -0.2) is 19.3 Å². The predicted molar refractivity (Wildman–Crippen MR) is 54.2 cm³/mol. The van der Waals surface area contributed by atoms with Crippen molar-refractivity contribution in [2.24, 2.45) is 0 Å². The number of alkyl halides is 1. The molecule has 0 heterocycles. The molecule has 4 heteroatoms. The maximum atomic E-state index is 12.7. The number of carbonyl (C=O) groups excluding carboxylic acids is 1. The standard InChI is InChI=1S/C11H13FO3/c1-3-14-10-6-4-5-9(7-13)11(10)15-8(2)12/h4-8H,3H2,1-2H3. The first-order chi connectivity index (χ1) is 7.19. The molecule has 0 aliphatic carbocycles. The van der Waals surface area contributed by atoms with Gasteiger partial charge in [-0.25, -0.2) is 4.39 Å². The van der Waals surface area contributed by atoms with Crippen molar-refractivity contribution < 1.29 is 18.7 Å². The van der Waals surface area contributed by atoms with Crippen LogP contribution in [0.2, 0.25) is 0 Å². The SMILES string of the molecule is CCOc1cccc(C=O)c1OC(C)F. The number of para-hydroxylation sites is 1. The summed E-state index contributed by atoms with van der Waals surface area (Å²) >= 11 is 0. The highest BCUT2D eigenvalue weighted by Gasteiger charge is 2.12. The average molecular weight is 212 g/mol. The second-order valence-corrected chi connectivity index (χ2v) is 2.89. The van der Waals surface area contributed by atoms with Crippen LogP contribution in [0.25, 0.3) is 0 Å². The molecule has 1 atom stereocenters. The minimum atomic E-state index is -1.48. The van der Waals surface area contributed by atoms with Crippen molar-refractivity contribution in [2.75, 3.05) is 6.61 Å². The van der Waals surface area contributed by atoms with Crippen LogP contribution in [0.3, 0.4) is 0 Å². The summed E-state index contributed by atoms with van der Waals surface area (Å²) in [5, 5.41) is 0. The van der Waals surface area contributed by atoms with E-state index in [-0.39, 0.29) is 11.3 Å². The third-order valence-electron chi connectivity index (χ3n) is 1.72. The Morgan fingerprint density at radius 1 is 1.53 bits per heavy atom. The van der Waals surface area contributed by atoms with E-state index in [0.29, 0.717) is 18.6 Å². The molecule has 15 heavy (non-hydrogen) atoms. The van der Waals surface area contributed by atoms with Gasteiger partial charge in [0.05, 0.1) is 12.2 Å². The largest absolute Gasteiger partial charge is 0.490 e. The van der Waals surface area contributed by atoms with Gasteiger partial charge in [0.1, 0.15) is 0 Å². The summed E-state index contributed by atoms with van der Waals surface area (Å²) in [5.41, 5.74) is 0.283. The van der Waals surface area contributed by atoms with Gasteiger partial charge in [-0.05, 0) is 19.1 Å². The number of ether oxygens (including phenoxy) is 2. The Balaban J connectivity index is 3.08. The van der Waals surface area contributed by atoms with Gasteiger partial charge in [0.25, 0.3) is 0 Å². The van der Waals surface area contributed by atoms with Gasteiger partial charge in [0.15, 0.2) is 17.8 Å². The molecule has 0 aliphatic heterocycles. The van der Waals surface area contributed by atoms with E-state index in [2.05, 4.69) is 0 Å². The number of aldehydes is 1. The van der Waals surface area contributed by atoms with Gasteiger partial charge in [-0.1, -0.05) is 6.07 Å². The number of hydrogen-bond acceptors (Lipinski definition) is 3. The van der Waals surface area contributed by atoms with Crippen molar-refractivity contribution >= 4 is 6.29 Å². The zero-order valence-electron chi connectivity index (χ0n) is 8.70. The van der Waals surface area contributed by atoms with Crippen LogP contribution in [0.4, 0.5) is 4.39 Å². The summed E-state index contributed by atoms with van der Waals surface area (Å²) in [6.45, 7) is 3.48. The first-order valence-corrected chi connectivity index (χ1v) is 4.70. The van der Waals surface area contributed by atoms with Crippen LogP contribution >= 0.6 is 0 Å². The molecule has 0 saturated carbocycles. The monoisotopic (exact) mass is 212 g/mol. The first-order valence-electron chi connectivity index (χ1n) is 4.70. The first kappa shape index (κ1) is 11.5. The summed E-state index contributed by atoms with van der Waals surface area (Å²) in [4.78, 5) is 10.7. The Morgan fingerprint density at radius 2 is 2.27 bits per heavy atom. The molecule has 1 aromatic carbocycles. The Bertz CT molecular complexity index is 337. The molecule has 0 aliphatic rings. The minimum Gasteiger partial charge on any atom is -0.490 e. The van der Waals surface area contributed by atoms with E-state index in [1.807, 2.05) is 0 Å². The Labute approximate surface area is 87.8 Å². The fourth-order valence-electron chi connectivity index (χ4n) is 1.18. The third-order valence-corrected chi connectivity index (χ3v) is 1.72. The van der Waals surface area contributed by atoms with Gasteiger partial charge >= 0.3 is 0 Å². The van der Waals surface area contributed by atoms with E-state index >= 15 is 0 Å². The highest BCUT2D eigenvalue weighted by Crippen LogP contribution is 2.31. The lowest BCUT2D eigenvalue weighted by molar-refractivity contribution is 0.0801. The highest BCUT2D eigenvalue weighted by atomic mass is 19.1. The normalized spacial score (nSPS) is 11.9. The molecule has 0 spiro atoms. The molecule has 0 aromatic heterocycles. The van der Waals surface area contributed by atoms with E-state index in [1.54, 1.807) is 25.1 Å². The van der Waals surface area contributed by atoms with Crippen LogP contribution in [0.15, 0.2) is 18.2 Å². The van der Waals surface area contributed by atoms with Gasteiger partial charge in [-0.15, -0.1) is 0 Å². The van der Waals surface area contributed by atoms with Crippen LogP contribution < -0.4 is 9.47 Å². The minimum absolute atomic E-state index is 0.157. The summed E-state index contributed by atoms with van der Waals surface area (Å²) in [6.07, 6.45) is -0.870. The van der Waals surface area contributed by atoms with Crippen molar-refractivity contribution in [1.82, 2.24) is 0 Å². The molecule has 0 bridgehead atoms. The molecule has 1 unspecified atom stereocenters. The van der Waals surface area contributed by atoms with Crippen LogP contribution in [0, 0.1) is 0 Å². The van der Waals surface area contributed by atoms with Crippen LogP contribution in [0.1, 0.15) is 24.2 Å². The van der Waals surface area contributed by atoms with Gasteiger partial charge in [0.2, 0.25) is 6.36 Å². The van der Waals surface area contributed by atoms with Gasteiger partial charge in [-0.3, -0.25) is 4.79 Å². The van der Waals surface area contributed by atoms with Crippen LogP contribution in [-0.2, 0) is 0 Å². The maximum Gasteiger partial charge on any atom is 0.236 e. The van der Waals surface area contributed by atoms with Crippen molar-refractivity contribution in [3.8, 4) is 11.5 Å². The van der Waals surface area contributed by atoms with Crippen molar-refractivity contribution in [3.63, 3.8) is 0 Å². The molecule has 0 fully saturated rings. The lowest BCUT2D eigenvalue weighted by Gasteiger charge is -2.13. The van der Waals surface area contributed by atoms with Gasteiger partial charge in [-0.2, -0.15) is 0 Å². The average Bonchev–Trinajstić information content (AvgIpc) is 2.20. The van der Waals surface area contributed by atoms with Gasteiger partial charge < -0.3 is 9.47 Å². The Morgan fingerprint density at radius 3 is 2.80 bits per heavy atom. The molecule has 0 radical (unpaired) electrons. The molecule has 1 rings (SSSR count). The smallest absolute Gasteiger partial charge is 0.236 e. The fraction of sp³-hybridized carbons (Fsp3) is 0.364. The zero-order valence-corrected chi connectivity index (χ0v) is 8.70. The molecule has 0 amide bonds. The fourth-order valence-corrected chi connectivity index (χ4v) is 1.18. The number of halogens is 1. The lowest BCUT2D eigenvalue weighted by Crippen LogP contribution is -2.08. The number of benzene rings is 1. The number of hydrogen-bond donors (Lipinski definition) is 0. The molecule has 0 N–H and O–H groups in total. The Hall–Kier alpha value is -1.58. The number of rotatable bonds is 5. The summed E-state index contributed by atoms with van der Waals surface area (Å²) < 4.78 is 22.9. The van der Waals surface area contributed by atoms with Crippen molar-refractivity contribution in [2.45, 2.75) is 20.2 Å². The summed E-state index contributed by atoms with van der Waals surface area (Å²) in [7, 11) is 0. The summed E-state index contributed by atoms with van der Waals surface area (Å²) in [6, 6.07) is 4.84. The lowest BCUT2D eigenvalue weighted by atomic mass is 10.2. The molecule has 82 valence electrons. The number of carbonyl (C=O) groups is 1. The highest BCUT2D eigenvalue weighted by molar-refractivity contribution is 5.81. The molecule has 3 nitrogen and oxygen atoms in total. The molecule has 1 aromatic rings. The second kappa shape index (κ2) is 5.34. The molecule has 0 saturated heterocycles. The predicted octanol–water partition coefficient (Wildman–Crippen LogP) is 2.59.